The molecule has 4 rings (SSSR count). The van der Waals surface area contributed by atoms with Crippen molar-refractivity contribution in [1.82, 2.24) is 4.90 Å². The van der Waals surface area contributed by atoms with E-state index in [4.69, 9.17) is 14.2 Å². The molecular weight excluding hydrogens is 286 g/mol. The van der Waals surface area contributed by atoms with Gasteiger partial charge in [-0.25, -0.2) is 0 Å². The molecule has 4 saturated heterocycles. The Balaban J connectivity index is 1.43. The third-order valence-electron chi connectivity index (χ3n) is 5.65. The maximum absolute atomic E-state index is 6.24. The molecule has 5 heteroatoms. The lowest BCUT2D eigenvalue weighted by molar-refractivity contribution is -0.202. The lowest BCUT2D eigenvalue weighted by atomic mass is 9.84. The van der Waals surface area contributed by atoms with Crippen LogP contribution < -0.4 is 0 Å². The van der Waals surface area contributed by atoms with Crippen LogP contribution in [0, 0.1) is 0 Å². The quantitative estimate of drug-likeness (QED) is 0.741. The van der Waals surface area contributed by atoms with Crippen molar-refractivity contribution in [1.29, 1.82) is 0 Å². The van der Waals surface area contributed by atoms with Crippen molar-refractivity contribution < 1.29 is 14.2 Å². The third kappa shape index (κ3) is 3.00. The Hall–Kier alpha value is 0.190. The molecule has 21 heavy (non-hydrogen) atoms. The molecule has 4 nitrogen and oxygen atoms in total. The standard InChI is InChI=1S/C16H27NO3S/c1-3-16(19-8-9-20-16)13-17(6-1)14-2-7-18-15(12-14)4-10-21-11-5-15/h14H,1-13H2. The summed E-state index contributed by atoms with van der Waals surface area (Å²) in [7, 11) is 0. The molecule has 4 heterocycles. The van der Waals surface area contributed by atoms with E-state index in [0.717, 1.165) is 32.8 Å². The van der Waals surface area contributed by atoms with Gasteiger partial charge in [0.15, 0.2) is 5.79 Å². The van der Waals surface area contributed by atoms with E-state index in [0.29, 0.717) is 6.04 Å². The van der Waals surface area contributed by atoms with Crippen LogP contribution in [-0.2, 0) is 14.2 Å². The Morgan fingerprint density at radius 1 is 0.952 bits per heavy atom. The monoisotopic (exact) mass is 313 g/mol. The number of hydrogen-bond donors (Lipinski definition) is 0. The van der Waals surface area contributed by atoms with Crippen LogP contribution in [0.2, 0.25) is 0 Å². The minimum Gasteiger partial charge on any atom is -0.375 e. The van der Waals surface area contributed by atoms with Crippen LogP contribution >= 0.6 is 11.8 Å². The second kappa shape index (κ2) is 6.00. The van der Waals surface area contributed by atoms with E-state index >= 15 is 0 Å². The summed E-state index contributed by atoms with van der Waals surface area (Å²) in [5, 5.41) is 0. The van der Waals surface area contributed by atoms with Crippen LogP contribution in [0.4, 0.5) is 0 Å². The number of thioether (sulfide) groups is 1. The summed E-state index contributed by atoms with van der Waals surface area (Å²) in [5.41, 5.74) is 0.177. The second-order valence-electron chi connectivity index (χ2n) is 6.97. The van der Waals surface area contributed by atoms with Crippen LogP contribution in [-0.4, -0.2) is 66.7 Å². The van der Waals surface area contributed by atoms with Gasteiger partial charge in [-0.2, -0.15) is 11.8 Å². The van der Waals surface area contributed by atoms with E-state index < -0.39 is 0 Å². The molecule has 0 saturated carbocycles. The number of piperidine rings is 1. The lowest BCUT2D eigenvalue weighted by Gasteiger charge is -2.49. The van der Waals surface area contributed by atoms with Crippen LogP contribution in [0.15, 0.2) is 0 Å². The van der Waals surface area contributed by atoms with Gasteiger partial charge in [0.25, 0.3) is 0 Å². The highest BCUT2D eigenvalue weighted by Crippen LogP contribution is 2.40. The molecule has 1 unspecified atom stereocenters. The highest BCUT2D eigenvalue weighted by molar-refractivity contribution is 7.99. The molecule has 4 aliphatic heterocycles. The van der Waals surface area contributed by atoms with Gasteiger partial charge < -0.3 is 14.2 Å². The molecule has 0 N–H and O–H groups in total. The second-order valence-corrected chi connectivity index (χ2v) is 8.20. The maximum atomic E-state index is 6.24. The fourth-order valence-electron chi connectivity index (χ4n) is 4.47. The van der Waals surface area contributed by atoms with Crippen molar-refractivity contribution in [3.63, 3.8) is 0 Å². The first-order chi connectivity index (χ1) is 10.3. The highest BCUT2D eigenvalue weighted by atomic mass is 32.2. The fourth-order valence-corrected chi connectivity index (χ4v) is 5.71. The normalized spacial score (nSPS) is 36.3. The first kappa shape index (κ1) is 14.8. The van der Waals surface area contributed by atoms with Gasteiger partial charge in [0.05, 0.1) is 25.4 Å². The van der Waals surface area contributed by atoms with Crippen LogP contribution in [0.3, 0.4) is 0 Å². The van der Waals surface area contributed by atoms with E-state index in [1.54, 1.807) is 0 Å². The molecule has 2 spiro atoms. The summed E-state index contributed by atoms with van der Waals surface area (Å²) in [6.07, 6.45) is 7.11. The van der Waals surface area contributed by atoms with Gasteiger partial charge in [-0.05, 0) is 50.2 Å². The molecule has 0 aromatic heterocycles. The Morgan fingerprint density at radius 3 is 2.57 bits per heavy atom. The molecule has 4 aliphatic rings. The zero-order chi connectivity index (χ0) is 14.2. The van der Waals surface area contributed by atoms with Crippen molar-refractivity contribution in [2.24, 2.45) is 0 Å². The van der Waals surface area contributed by atoms with Crippen molar-refractivity contribution >= 4 is 11.8 Å². The molecule has 0 aromatic carbocycles. The van der Waals surface area contributed by atoms with Crippen LogP contribution in [0.25, 0.3) is 0 Å². The predicted molar refractivity (Wildman–Crippen MR) is 83.7 cm³/mol. The smallest absolute Gasteiger partial charge is 0.181 e. The van der Waals surface area contributed by atoms with Crippen LogP contribution in [0.5, 0.6) is 0 Å². The van der Waals surface area contributed by atoms with Crippen LogP contribution in [0.1, 0.15) is 38.5 Å². The summed E-state index contributed by atoms with van der Waals surface area (Å²) in [6.45, 7) is 4.62. The predicted octanol–water partition coefficient (Wildman–Crippen LogP) is 2.27. The zero-order valence-electron chi connectivity index (χ0n) is 12.8. The Kier molecular flexibility index (Phi) is 4.22. The molecule has 120 valence electrons. The number of nitrogens with zero attached hydrogens (tertiary/aromatic N) is 1. The minimum atomic E-state index is -0.286. The summed E-state index contributed by atoms with van der Waals surface area (Å²) >= 11 is 2.08. The molecule has 4 fully saturated rings. The van der Waals surface area contributed by atoms with Gasteiger partial charge in [-0.3, -0.25) is 4.90 Å². The fraction of sp³-hybridized carbons (Fsp3) is 1.00. The van der Waals surface area contributed by atoms with Gasteiger partial charge in [-0.15, -0.1) is 0 Å². The first-order valence-electron chi connectivity index (χ1n) is 8.53. The Morgan fingerprint density at radius 2 is 1.76 bits per heavy atom. The van der Waals surface area contributed by atoms with Gasteiger partial charge in [0.1, 0.15) is 0 Å². The molecular formula is C16H27NO3S. The third-order valence-corrected chi connectivity index (χ3v) is 6.63. The average Bonchev–Trinajstić information content (AvgIpc) is 2.96. The highest BCUT2D eigenvalue weighted by Gasteiger charge is 2.46. The maximum Gasteiger partial charge on any atom is 0.181 e. The summed E-state index contributed by atoms with van der Waals surface area (Å²) < 4.78 is 18.1. The van der Waals surface area contributed by atoms with E-state index in [1.165, 1.54) is 50.2 Å². The molecule has 0 aromatic rings. The van der Waals surface area contributed by atoms with Gasteiger partial charge >= 0.3 is 0 Å². The topological polar surface area (TPSA) is 30.9 Å². The zero-order valence-corrected chi connectivity index (χ0v) is 13.7. The number of hydrogen-bond acceptors (Lipinski definition) is 5. The summed E-state index contributed by atoms with van der Waals surface area (Å²) in [5.74, 6) is 2.25. The average molecular weight is 313 g/mol. The number of rotatable bonds is 1. The van der Waals surface area contributed by atoms with Gasteiger partial charge in [0.2, 0.25) is 0 Å². The van der Waals surface area contributed by atoms with E-state index in [1.807, 2.05) is 0 Å². The van der Waals surface area contributed by atoms with E-state index in [2.05, 4.69) is 16.7 Å². The minimum absolute atomic E-state index is 0.177. The van der Waals surface area contributed by atoms with Gasteiger partial charge in [0, 0.05) is 19.1 Å². The van der Waals surface area contributed by atoms with Crippen molar-refractivity contribution in [3.05, 3.63) is 0 Å². The van der Waals surface area contributed by atoms with Gasteiger partial charge in [-0.1, -0.05) is 0 Å². The molecule has 0 aliphatic carbocycles. The molecule has 0 bridgehead atoms. The number of ether oxygens (including phenoxy) is 3. The molecule has 0 radical (unpaired) electrons. The molecule has 1 atom stereocenters. The summed E-state index contributed by atoms with van der Waals surface area (Å²) in [6, 6.07) is 0.659. The van der Waals surface area contributed by atoms with E-state index in [-0.39, 0.29) is 11.4 Å². The van der Waals surface area contributed by atoms with Crippen molar-refractivity contribution in [2.45, 2.75) is 56.0 Å². The summed E-state index contributed by atoms with van der Waals surface area (Å²) in [4.78, 5) is 2.64. The largest absolute Gasteiger partial charge is 0.375 e. The lowest BCUT2D eigenvalue weighted by Crippen LogP contribution is -2.56. The van der Waals surface area contributed by atoms with E-state index in [9.17, 15) is 0 Å². The van der Waals surface area contributed by atoms with Crippen molar-refractivity contribution in [2.75, 3.05) is 44.4 Å². The molecule has 0 amide bonds. The SMILES string of the molecule is C1CN(C2CCOC3(CCSCC3)C2)CC2(C1)OCCO2. The first-order valence-corrected chi connectivity index (χ1v) is 9.69. The Bertz CT molecular complexity index is 361. The number of likely N-dealkylation sites (tertiary alicyclic amines) is 1. The Labute approximate surface area is 131 Å². The van der Waals surface area contributed by atoms with Crippen molar-refractivity contribution in [3.8, 4) is 0 Å².